The maximum atomic E-state index is 12.6. The number of hydrogen-bond donors (Lipinski definition) is 2. The molecule has 0 aromatic heterocycles. The van der Waals surface area contributed by atoms with E-state index < -0.39 is 12.0 Å². The van der Waals surface area contributed by atoms with Gasteiger partial charge >= 0.3 is 12.0 Å². The van der Waals surface area contributed by atoms with Gasteiger partial charge in [-0.3, -0.25) is 0 Å². The lowest BCUT2D eigenvalue weighted by Crippen LogP contribution is -2.46. The summed E-state index contributed by atoms with van der Waals surface area (Å²) in [7, 11) is 1.57. The Kier molecular flexibility index (Phi) is 7.10. The highest BCUT2D eigenvalue weighted by atomic mass is 16.5. The molecule has 2 rings (SSSR count). The van der Waals surface area contributed by atoms with Crippen LogP contribution >= 0.6 is 0 Å². The number of urea groups is 1. The molecule has 0 saturated carbocycles. The van der Waals surface area contributed by atoms with Crippen LogP contribution in [0.15, 0.2) is 29.5 Å². The number of esters is 1. The van der Waals surface area contributed by atoms with Crippen molar-refractivity contribution in [2.75, 3.05) is 13.7 Å². The second kappa shape index (κ2) is 9.30. The first kappa shape index (κ1) is 20.6. The van der Waals surface area contributed by atoms with Gasteiger partial charge in [-0.05, 0) is 44.9 Å². The second-order valence-electron chi connectivity index (χ2n) is 6.47. The third kappa shape index (κ3) is 4.93. The maximum Gasteiger partial charge on any atom is 0.338 e. The fraction of sp³-hybridized carbons (Fsp3) is 0.500. The van der Waals surface area contributed by atoms with Gasteiger partial charge < -0.3 is 24.8 Å². The van der Waals surface area contributed by atoms with E-state index in [0.29, 0.717) is 29.2 Å². The molecule has 0 fully saturated rings. The number of methoxy groups -OCH3 is 1. The van der Waals surface area contributed by atoms with Crippen molar-refractivity contribution in [3.8, 4) is 11.5 Å². The molecule has 0 saturated heterocycles. The average molecular weight is 376 g/mol. The number of rotatable bonds is 8. The number of carbonyl (C=O) groups is 2. The van der Waals surface area contributed by atoms with Crippen molar-refractivity contribution < 1.29 is 23.8 Å². The Bertz CT molecular complexity index is 727. The van der Waals surface area contributed by atoms with Gasteiger partial charge in [0.2, 0.25) is 0 Å². The largest absolute Gasteiger partial charge is 0.493 e. The van der Waals surface area contributed by atoms with Crippen LogP contribution in [0.2, 0.25) is 0 Å². The summed E-state index contributed by atoms with van der Waals surface area (Å²) in [4.78, 5) is 24.8. The molecule has 1 unspecified atom stereocenters. The van der Waals surface area contributed by atoms with E-state index in [0.717, 1.165) is 12.0 Å². The molecule has 1 aromatic carbocycles. The molecular weight excluding hydrogens is 348 g/mol. The lowest BCUT2D eigenvalue weighted by Gasteiger charge is -2.29. The average Bonchev–Trinajstić information content (AvgIpc) is 2.61. The van der Waals surface area contributed by atoms with Crippen LogP contribution in [0.4, 0.5) is 4.79 Å². The van der Waals surface area contributed by atoms with Crippen molar-refractivity contribution in [1.29, 1.82) is 0 Å². The molecule has 0 bridgehead atoms. The zero-order valence-corrected chi connectivity index (χ0v) is 16.5. The third-order valence-electron chi connectivity index (χ3n) is 4.03. The zero-order valence-electron chi connectivity index (χ0n) is 16.5. The van der Waals surface area contributed by atoms with Gasteiger partial charge in [-0.2, -0.15) is 0 Å². The molecule has 2 amide bonds. The lowest BCUT2D eigenvalue weighted by atomic mass is 9.93. The van der Waals surface area contributed by atoms with Gasteiger partial charge in [-0.15, -0.1) is 0 Å². The molecule has 0 spiro atoms. The van der Waals surface area contributed by atoms with Gasteiger partial charge in [-0.1, -0.05) is 19.4 Å². The Morgan fingerprint density at radius 1 is 1.22 bits per heavy atom. The predicted octanol–water partition coefficient (Wildman–Crippen LogP) is 3.45. The summed E-state index contributed by atoms with van der Waals surface area (Å²) in [6.07, 6.45) is 1.31. The van der Waals surface area contributed by atoms with Crippen LogP contribution in [0.3, 0.4) is 0 Å². The Morgan fingerprint density at radius 3 is 2.56 bits per heavy atom. The van der Waals surface area contributed by atoms with E-state index in [-0.39, 0.29) is 18.7 Å². The van der Waals surface area contributed by atoms with E-state index in [1.165, 1.54) is 0 Å². The van der Waals surface area contributed by atoms with Crippen molar-refractivity contribution in [3.63, 3.8) is 0 Å². The van der Waals surface area contributed by atoms with Crippen molar-refractivity contribution >= 4 is 12.0 Å². The minimum Gasteiger partial charge on any atom is -0.493 e. The summed E-state index contributed by atoms with van der Waals surface area (Å²) in [6, 6.07) is 4.39. The highest BCUT2D eigenvalue weighted by Gasteiger charge is 2.33. The SMILES string of the molecule is CCCC1=C(C(=O)OCC)C(c2ccc(OC)c(OC(C)C)c2)NC(=O)N1. The number of benzene rings is 1. The van der Waals surface area contributed by atoms with E-state index in [4.69, 9.17) is 14.2 Å². The van der Waals surface area contributed by atoms with E-state index in [2.05, 4.69) is 10.6 Å². The summed E-state index contributed by atoms with van der Waals surface area (Å²) in [5.74, 6) is 0.696. The first-order valence-corrected chi connectivity index (χ1v) is 9.23. The van der Waals surface area contributed by atoms with E-state index in [1.54, 1.807) is 26.2 Å². The van der Waals surface area contributed by atoms with Crippen LogP contribution in [0, 0.1) is 0 Å². The zero-order chi connectivity index (χ0) is 20.0. The van der Waals surface area contributed by atoms with Crippen LogP contribution in [-0.2, 0) is 9.53 Å². The quantitative estimate of drug-likeness (QED) is 0.679. The van der Waals surface area contributed by atoms with Crippen molar-refractivity contribution in [2.24, 2.45) is 0 Å². The number of nitrogens with one attached hydrogen (secondary N) is 2. The molecule has 2 N–H and O–H groups in total. The lowest BCUT2D eigenvalue weighted by molar-refractivity contribution is -0.139. The fourth-order valence-electron chi connectivity index (χ4n) is 2.98. The molecule has 7 heteroatoms. The third-order valence-corrected chi connectivity index (χ3v) is 4.03. The fourth-order valence-corrected chi connectivity index (χ4v) is 2.98. The molecular formula is C20H28N2O5. The summed E-state index contributed by atoms with van der Waals surface area (Å²) in [5, 5.41) is 5.57. The van der Waals surface area contributed by atoms with E-state index >= 15 is 0 Å². The van der Waals surface area contributed by atoms with Gasteiger partial charge in [-0.25, -0.2) is 9.59 Å². The number of hydrogen-bond acceptors (Lipinski definition) is 5. The molecule has 27 heavy (non-hydrogen) atoms. The molecule has 1 atom stereocenters. The maximum absolute atomic E-state index is 12.6. The van der Waals surface area contributed by atoms with Gasteiger partial charge in [0.25, 0.3) is 0 Å². The Labute approximate surface area is 160 Å². The van der Waals surface area contributed by atoms with E-state index in [1.807, 2.05) is 26.8 Å². The molecule has 0 radical (unpaired) electrons. The number of allylic oxidation sites excluding steroid dienone is 1. The van der Waals surface area contributed by atoms with Crippen LogP contribution in [-0.4, -0.2) is 31.8 Å². The topological polar surface area (TPSA) is 85.9 Å². The van der Waals surface area contributed by atoms with Crippen LogP contribution in [0.25, 0.3) is 0 Å². The number of carbonyl (C=O) groups excluding carboxylic acids is 2. The molecule has 7 nitrogen and oxygen atoms in total. The van der Waals surface area contributed by atoms with Crippen molar-refractivity contribution in [3.05, 3.63) is 35.0 Å². The minimum absolute atomic E-state index is 0.0486. The Balaban J connectivity index is 2.53. The smallest absolute Gasteiger partial charge is 0.338 e. The van der Waals surface area contributed by atoms with E-state index in [9.17, 15) is 9.59 Å². The van der Waals surface area contributed by atoms with Crippen molar-refractivity contribution in [2.45, 2.75) is 52.7 Å². The molecule has 1 heterocycles. The second-order valence-corrected chi connectivity index (χ2v) is 6.47. The minimum atomic E-state index is -0.625. The van der Waals surface area contributed by atoms with Gasteiger partial charge in [0.05, 0.1) is 31.4 Å². The van der Waals surface area contributed by atoms with Crippen LogP contribution < -0.4 is 20.1 Å². The highest BCUT2D eigenvalue weighted by Crippen LogP contribution is 2.35. The summed E-state index contributed by atoms with van der Waals surface area (Å²) in [6.45, 7) is 7.83. The number of ether oxygens (including phenoxy) is 3. The van der Waals surface area contributed by atoms with Crippen LogP contribution in [0.5, 0.6) is 11.5 Å². The van der Waals surface area contributed by atoms with Gasteiger partial charge in [0, 0.05) is 5.70 Å². The van der Waals surface area contributed by atoms with Crippen LogP contribution in [0.1, 0.15) is 52.1 Å². The first-order chi connectivity index (χ1) is 12.9. The standard InChI is InChI=1S/C20H28N2O5/c1-6-8-14-17(19(23)26-7-2)18(22-20(24)21-14)13-9-10-15(25-5)16(11-13)27-12(3)4/h9-12,18H,6-8H2,1-5H3,(H2,21,22,24). The Morgan fingerprint density at radius 2 is 1.96 bits per heavy atom. The van der Waals surface area contributed by atoms with Gasteiger partial charge in [0.1, 0.15) is 0 Å². The molecule has 148 valence electrons. The summed E-state index contributed by atoms with van der Waals surface area (Å²) < 4.78 is 16.4. The molecule has 1 aliphatic heterocycles. The normalized spacial score (nSPS) is 16.7. The molecule has 1 aliphatic rings. The Hall–Kier alpha value is -2.70. The van der Waals surface area contributed by atoms with Gasteiger partial charge in [0.15, 0.2) is 11.5 Å². The highest BCUT2D eigenvalue weighted by molar-refractivity contribution is 5.95. The summed E-state index contributed by atoms with van der Waals surface area (Å²) >= 11 is 0. The summed E-state index contributed by atoms with van der Waals surface area (Å²) in [5.41, 5.74) is 1.73. The number of amides is 2. The van der Waals surface area contributed by atoms with Crippen molar-refractivity contribution in [1.82, 2.24) is 10.6 Å². The molecule has 1 aromatic rings. The molecule has 0 aliphatic carbocycles. The first-order valence-electron chi connectivity index (χ1n) is 9.23. The predicted molar refractivity (Wildman–Crippen MR) is 102 cm³/mol. The monoisotopic (exact) mass is 376 g/mol.